The van der Waals surface area contributed by atoms with Crippen LogP contribution in [0.15, 0.2) is 12.1 Å². The lowest BCUT2D eigenvalue weighted by atomic mass is 9.95. The van der Waals surface area contributed by atoms with E-state index >= 15 is 0 Å². The van der Waals surface area contributed by atoms with Crippen molar-refractivity contribution in [2.45, 2.75) is 52.2 Å². The second-order valence-corrected chi connectivity index (χ2v) is 5.81. The molecule has 0 saturated heterocycles. The van der Waals surface area contributed by atoms with Crippen LogP contribution in [0.1, 0.15) is 63.3 Å². The number of benzene rings is 1. The molecule has 1 heterocycles. The fourth-order valence-corrected chi connectivity index (χ4v) is 2.82. The standard InChI is InChI=1S/C17H24FNO3/c1-4-11(5-2)17(21)19-15-6-7-22-16-13(15)8-12(10(3)20)9-14(16)18/h8-11,15,20H,4-7H2,1-3H3,(H,19,21). The predicted octanol–water partition coefficient (Wildman–Crippen LogP) is 3.26. The molecule has 0 radical (unpaired) electrons. The second kappa shape index (κ2) is 7.09. The molecule has 1 aromatic carbocycles. The molecule has 2 rings (SSSR count). The van der Waals surface area contributed by atoms with Crippen molar-refractivity contribution in [2.75, 3.05) is 6.61 Å². The molecule has 2 N–H and O–H groups in total. The summed E-state index contributed by atoms with van der Waals surface area (Å²) in [7, 11) is 0. The Kier molecular flexibility index (Phi) is 5.40. The van der Waals surface area contributed by atoms with E-state index in [-0.39, 0.29) is 23.6 Å². The third kappa shape index (κ3) is 3.40. The van der Waals surface area contributed by atoms with Crippen LogP contribution in [-0.4, -0.2) is 17.6 Å². The Morgan fingerprint density at radius 1 is 1.45 bits per heavy atom. The van der Waals surface area contributed by atoms with E-state index in [0.717, 1.165) is 12.8 Å². The number of amides is 1. The molecule has 122 valence electrons. The number of hydrogen-bond acceptors (Lipinski definition) is 3. The maximum absolute atomic E-state index is 14.1. The Hall–Kier alpha value is -1.62. The Morgan fingerprint density at radius 3 is 2.73 bits per heavy atom. The smallest absolute Gasteiger partial charge is 0.223 e. The number of carbonyl (C=O) groups is 1. The van der Waals surface area contributed by atoms with E-state index < -0.39 is 11.9 Å². The van der Waals surface area contributed by atoms with E-state index in [1.54, 1.807) is 13.0 Å². The number of ether oxygens (including phenoxy) is 1. The topological polar surface area (TPSA) is 58.6 Å². The molecule has 0 saturated carbocycles. The minimum absolute atomic E-state index is 0.00860. The molecule has 2 atom stereocenters. The van der Waals surface area contributed by atoms with Crippen molar-refractivity contribution in [3.8, 4) is 5.75 Å². The summed E-state index contributed by atoms with van der Waals surface area (Å²) in [4.78, 5) is 12.3. The van der Waals surface area contributed by atoms with Crippen molar-refractivity contribution in [1.29, 1.82) is 0 Å². The molecule has 0 aromatic heterocycles. The predicted molar refractivity (Wildman–Crippen MR) is 82.1 cm³/mol. The van der Waals surface area contributed by atoms with Gasteiger partial charge in [-0.05, 0) is 37.5 Å². The average Bonchev–Trinajstić information content (AvgIpc) is 2.49. The number of aliphatic hydroxyl groups is 1. The van der Waals surface area contributed by atoms with Crippen LogP contribution >= 0.6 is 0 Å². The molecule has 0 bridgehead atoms. The summed E-state index contributed by atoms with van der Waals surface area (Å²) < 4.78 is 19.6. The summed E-state index contributed by atoms with van der Waals surface area (Å²) in [6.07, 6.45) is 1.39. The van der Waals surface area contributed by atoms with Crippen molar-refractivity contribution >= 4 is 5.91 Å². The zero-order valence-corrected chi connectivity index (χ0v) is 13.4. The lowest BCUT2D eigenvalue weighted by molar-refractivity contribution is -0.126. The molecule has 4 nitrogen and oxygen atoms in total. The van der Waals surface area contributed by atoms with E-state index in [9.17, 15) is 14.3 Å². The van der Waals surface area contributed by atoms with Gasteiger partial charge in [0.05, 0.1) is 18.8 Å². The normalized spacial score (nSPS) is 18.5. The minimum atomic E-state index is -0.767. The van der Waals surface area contributed by atoms with Crippen LogP contribution in [0.5, 0.6) is 5.75 Å². The van der Waals surface area contributed by atoms with Crippen LogP contribution in [0, 0.1) is 11.7 Å². The van der Waals surface area contributed by atoms with Crippen LogP contribution < -0.4 is 10.1 Å². The van der Waals surface area contributed by atoms with E-state index in [2.05, 4.69) is 5.32 Å². The molecule has 1 aliphatic rings. The monoisotopic (exact) mass is 309 g/mol. The molecule has 1 aromatic rings. The van der Waals surface area contributed by atoms with Crippen LogP contribution in [-0.2, 0) is 4.79 Å². The van der Waals surface area contributed by atoms with Crippen LogP contribution in [0.2, 0.25) is 0 Å². The van der Waals surface area contributed by atoms with Gasteiger partial charge in [0.1, 0.15) is 0 Å². The van der Waals surface area contributed by atoms with E-state index in [1.165, 1.54) is 6.07 Å². The summed E-state index contributed by atoms with van der Waals surface area (Å²) in [6.45, 7) is 5.92. The molecular formula is C17H24FNO3. The molecule has 1 amide bonds. The van der Waals surface area contributed by atoms with Gasteiger partial charge in [-0.15, -0.1) is 0 Å². The first kappa shape index (κ1) is 16.7. The summed E-state index contributed by atoms with van der Waals surface area (Å²) >= 11 is 0. The first-order valence-electron chi connectivity index (χ1n) is 7.92. The Morgan fingerprint density at radius 2 is 2.14 bits per heavy atom. The summed E-state index contributed by atoms with van der Waals surface area (Å²) in [5.41, 5.74) is 1.10. The molecular weight excluding hydrogens is 285 g/mol. The van der Waals surface area contributed by atoms with Gasteiger partial charge in [-0.2, -0.15) is 0 Å². The Bertz CT molecular complexity index is 541. The van der Waals surface area contributed by atoms with Gasteiger partial charge in [0, 0.05) is 17.9 Å². The third-order valence-corrected chi connectivity index (χ3v) is 4.28. The number of nitrogens with one attached hydrogen (secondary N) is 1. The molecule has 22 heavy (non-hydrogen) atoms. The fraction of sp³-hybridized carbons (Fsp3) is 0.588. The van der Waals surface area contributed by atoms with Gasteiger partial charge in [-0.3, -0.25) is 4.79 Å². The molecule has 2 unspecified atom stereocenters. The maximum atomic E-state index is 14.1. The quantitative estimate of drug-likeness (QED) is 0.878. The molecule has 5 heteroatoms. The average molecular weight is 309 g/mol. The number of hydrogen-bond donors (Lipinski definition) is 2. The Labute approximate surface area is 130 Å². The van der Waals surface area contributed by atoms with Crippen molar-refractivity contribution in [3.05, 3.63) is 29.1 Å². The van der Waals surface area contributed by atoms with Crippen LogP contribution in [0.3, 0.4) is 0 Å². The highest BCUT2D eigenvalue weighted by Crippen LogP contribution is 2.36. The van der Waals surface area contributed by atoms with Crippen LogP contribution in [0.25, 0.3) is 0 Å². The van der Waals surface area contributed by atoms with E-state index in [0.29, 0.717) is 24.2 Å². The Balaban J connectivity index is 2.29. The first-order valence-corrected chi connectivity index (χ1v) is 7.92. The van der Waals surface area contributed by atoms with Gasteiger partial charge in [0.25, 0.3) is 0 Å². The third-order valence-electron chi connectivity index (χ3n) is 4.28. The highest BCUT2D eigenvalue weighted by Gasteiger charge is 2.28. The minimum Gasteiger partial charge on any atom is -0.490 e. The zero-order valence-electron chi connectivity index (χ0n) is 13.4. The van der Waals surface area contributed by atoms with Crippen molar-refractivity contribution in [1.82, 2.24) is 5.32 Å². The van der Waals surface area contributed by atoms with Crippen LogP contribution in [0.4, 0.5) is 4.39 Å². The molecule has 0 fully saturated rings. The molecule has 0 aliphatic carbocycles. The highest BCUT2D eigenvalue weighted by molar-refractivity contribution is 5.79. The number of fused-ring (bicyclic) bond motifs is 1. The fourth-order valence-electron chi connectivity index (χ4n) is 2.82. The summed E-state index contributed by atoms with van der Waals surface area (Å²) in [5.74, 6) is -0.345. The van der Waals surface area contributed by atoms with Gasteiger partial charge in [0.15, 0.2) is 11.6 Å². The highest BCUT2D eigenvalue weighted by atomic mass is 19.1. The largest absolute Gasteiger partial charge is 0.490 e. The zero-order chi connectivity index (χ0) is 16.3. The maximum Gasteiger partial charge on any atom is 0.223 e. The van der Waals surface area contributed by atoms with Gasteiger partial charge >= 0.3 is 0 Å². The molecule has 0 spiro atoms. The second-order valence-electron chi connectivity index (χ2n) is 5.81. The lowest BCUT2D eigenvalue weighted by Crippen LogP contribution is -2.36. The van der Waals surface area contributed by atoms with Gasteiger partial charge in [-0.1, -0.05) is 13.8 Å². The van der Waals surface area contributed by atoms with Crippen molar-refractivity contribution in [3.63, 3.8) is 0 Å². The van der Waals surface area contributed by atoms with Gasteiger partial charge in [-0.25, -0.2) is 4.39 Å². The lowest BCUT2D eigenvalue weighted by Gasteiger charge is -2.29. The number of halogens is 1. The number of rotatable bonds is 5. The van der Waals surface area contributed by atoms with E-state index in [4.69, 9.17) is 4.74 Å². The van der Waals surface area contributed by atoms with Crippen molar-refractivity contribution < 1.29 is 19.0 Å². The summed E-state index contributed by atoms with van der Waals surface area (Å²) in [6, 6.07) is 2.74. The first-order chi connectivity index (χ1) is 10.5. The number of carbonyl (C=O) groups excluding carboxylic acids is 1. The SMILES string of the molecule is CCC(CC)C(=O)NC1CCOc2c(F)cc(C(C)O)cc21. The number of aliphatic hydroxyl groups excluding tert-OH is 1. The van der Waals surface area contributed by atoms with Gasteiger partial charge < -0.3 is 15.2 Å². The van der Waals surface area contributed by atoms with E-state index in [1.807, 2.05) is 13.8 Å². The summed E-state index contributed by atoms with van der Waals surface area (Å²) in [5, 5.41) is 12.7. The van der Waals surface area contributed by atoms with Crippen molar-refractivity contribution in [2.24, 2.45) is 5.92 Å². The molecule has 1 aliphatic heterocycles. The van der Waals surface area contributed by atoms with Gasteiger partial charge in [0.2, 0.25) is 5.91 Å².